The highest BCUT2D eigenvalue weighted by atomic mass is 32.3. The van der Waals surface area contributed by atoms with Crippen molar-refractivity contribution in [1.82, 2.24) is 0 Å². The predicted octanol–water partition coefficient (Wildman–Crippen LogP) is -0.118. The van der Waals surface area contributed by atoms with Gasteiger partial charge in [0, 0.05) is 0 Å². The molecule has 0 aromatic carbocycles. The minimum Gasteiger partial charge on any atom is -0.465 e. The fourth-order valence-corrected chi connectivity index (χ4v) is 0.467. The maximum Gasteiger partial charge on any atom is 0.394 e. The third-order valence-electron chi connectivity index (χ3n) is 1.12. The van der Waals surface area contributed by atoms with Gasteiger partial charge in [-0.25, -0.2) is 0 Å². The van der Waals surface area contributed by atoms with Crippen molar-refractivity contribution in [3.05, 3.63) is 0 Å². The molecule has 0 spiro atoms. The number of carbonyl (C=O) groups excluding carboxylic acids is 1. The Morgan fingerprint density at radius 3 is 2.07 bits per heavy atom. The number of rotatable bonds is 4. The van der Waals surface area contributed by atoms with Gasteiger partial charge in [0.1, 0.15) is 0 Å². The second-order valence-corrected chi connectivity index (χ2v) is 3.95. The first-order chi connectivity index (χ1) is 6.66. The molecule has 0 atom stereocenters. The molecule has 0 amide bonds. The summed E-state index contributed by atoms with van der Waals surface area (Å²) in [5, 5.41) is 0. The van der Waals surface area contributed by atoms with Crippen LogP contribution in [0.1, 0.15) is 20.3 Å². The van der Waals surface area contributed by atoms with Crippen LogP contribution >= 0.6 is 0 Å². The Bertz CT molecular complexity index is 253. The highest BCUT2D eigenvalue weighted by Gasteiger charge is 1.98. The van der Waals surface area contributed by atoms with Gasteiger partial charge in [-0.15, -0.1) is 0 Å². The Morgan fingerprint density at radius 1 is 1.40 bits per heavy atom. The fraction of sp³-hybridized carbons (Fsp3) is 0.857. The van der Waals surface area contributed by atoms with E-state index in [4.69, 9.17) is 28.0 Å². The molecule has 4 N–H and O–H groups in total. The Labute approximate surface area is 89.2 Å². The smallest absolute Gasteiger partial charge is 0.394 e. The lowest BCUT2D eigenvalue weighted by molar-refractivity contribution is -0.142. The van der Waals surface area contributed by atoms with Gasteiger partial charge < -0.3 is 10.5 Å². The van der Waals surface area contributed by atoms with Crippen molar-refractivity contribution >= 4 is 16.4 Å². The summed E-state index contributed by atoms with van der Waals surface area (Å²) in [4.78, 5) is 10.4. The molecule has 0 aliphatic carbocycles. The third kappa shape index (κ3) is 31.9. The molecule has 0 aromatic heterocycles. The number of hydrogen-bond acceptors (Lipinski definition) is 5. The van der Waals surface area contributed by atoms with E-state index in [1.807, 2.05) is 0 Å². The summed E-state index contributed by atoms with van der Waals surface area (Å²) in [5.74, 6) is 0.256. The van der Waals surface area contributed by atoms with Crippen LogP contribution in [-0.4, -0.2) is 36.6 Å². The van der Waals surface area contributed by atoms with Gasteiger partial charge in [0.05, 0.1) is 13.2 Å². The first-order valence-electron chi connectivity index (χ1n) is 4.22. The Hall–Kier alpha value is -0.700. The number of esters is 1. The normalized spacial score (nSPS) is 10.5. The maximum absolute atomic E-state index is 10.4. The quantitative estimate of drug-likeness (QED) is 0.464. The summed E-state index contributed by atoms with van der Waals surface area (Å²) in [6, 6.07) is 0. The molecule has 0 heterocycles. The highest BCUT2D eigenvalue weighted by molar-refractivity contribution is 7.79. The number of ether oxygens (including phenoxy) is 1. The molecule has 0 aliphatic heterocycles. The summed E-state index contributed by atoms with van der Waals surface area (Å²) in [6.07, 6.45) is 0.908. The van der Waals surface area contributed by atoms with Gasteiger partial charge in [-0.2, -0.15) is 8.42 Å². The van der Waals surface area contributed by atoms with Crippen LogP contribution in [0.5, 0.6) is 0 Å². The zero-order chi connectivity index (χ0) is 12.5. The molecule has 92 valence electrons. The Morgan fingerprint density at radius 2 is 1.80 bits per heavy atom. The lowest BCUT2D eigenvalue weighted by atomic mass is 10.1. The largest absolute Gasteiger partial charge is 0.465 e. The lowest BCUT2D eigenvalue weighted by Crippen LogP contribution is -2.17. The van der Waals surface area contributed by atoms with Gasteiger partial charge in [-0.3, -0.25) is 13.9 Å². The molecule has 0 radical (unpaired) electrons. The zero-order valence-electron chi connectivity index (χ0n) is 8.71. The van der Waals surface area contributed by atoms with Crippen LogP contribution in [0.4, 0.5) is 0 Å². The van der Waals surface area contributed by atoms with Crippen LogP contribution in [-0.2, 0) is 19.9 Å². The molecule has 0 aliphatic rings. The molecule has 0 rings (SSSR count). The summed E-state index contributed by atoms with van der Waals surface area (Å²) in [7, 11) is -4.67. The van der Waals surface area contributed by atoms with E-state index in [1.165, 1.54) is 0 Å². The SMILES string of the molecule is CC(C)CCOC(=O)CN.O=S(=O)(O)O. The van der Waals surface area contributed by atoms with Gasteiger partial charge in [0.2, 0.25) is 0 Å². The summed E-state index contributed by atoms with van der Waals surface area (Å²) in [5.41, 5.74) is 5.01. The van der Waals surface area contributed by atoms with Crippen molar-refractivity contribution in [2.24, 2.45) is 11.7 Å². The molecule has 0 saturated heterocycles. The first kappa shape index (κ1) is 16.7. The third-order valence-corrected chi connectivity index (χ3v) is 1.12. The molecule has 15 heavy (non-hydrogen) atoms. The first-order valence-corrected chi connectivity index (χ1v) is 5.62. The van der Waals surface area contributed by atoms with Gasteiger partial charge in [0.15, 0.2) is 0 Å². The summed E-state index contributed by atoms with van der Waals surface area (Å²) >= 11 is 0. The molecule has 0 bridgehead atoms. The molecule has 0 unspecified atom stereocenters. The maximum atomic E-state index is 10.4. The molecule has 0 fully saturated rings. The van der Waals surface area contributed by atoms with Gasteiger partial charge in [0.25, 0.3) is 0 Å². The average molecular weight is 243 g/mol. The van der Waals surface area contributed by atoms with Gasteiger partial charge >= 0.3 is 16.4 Å². The Balaban J connectivity index is 0. The van der Waals surface area contributed by atoms with E-state index in [-0.39, 0.29) is 12.5 Å². The molecule has 8 heteroatoms. The van der Waals surface area contributed by atoms with E-state index in [9.17, 15) is 4.79 Å². The lowest BCUT2D eigenvalue weighted by Gasteiger charge is -2.04. The van der Waals surface area contributed by atoms with E-state index < -0.39 is 10.4 Å². The van der Waals surface area contributed by atoms with Crippen LogP contribution in [0.3, 0.4) is 0 Å². The topological polar surface area (TPSA) is 127 Å². The van der Waals surface area contributed by atoms with E-state index in [0.717, 1.165) is 6.42 Å². The standard InChI is InChI=1S/C7H15NO2.H2O4S/c1-6(2)3-4-10-7(9)5-8;1-5(2,3)4/h6H,3-5,8H2,1-2H3;(H2,1,2,3,4). The molecular weight excluding hydrogens is 226 g/mol. The minimum atomic E-state index is -4.67. The summed E-state index contributed by atoms with van der Waals surface area (Å²) < 4.78 is 36.3. The van der Waals surface area contributed by atoms with Crippen molar-refractivity contribution < 1.29 is 27.1 Å². The molecule has 0 saturated carbocycles. The highest BCUT2D eigenvalue weighted by Crippen LogP contribution is 1.98. The van der Waals surface area contributed by atoms with E-state index in [1.54, 1.807) is 0 Å². The number of hydrogen-bond donors (Lipinski definition) is 3. The number of nitrogens with two attached hydrogens (primary N) is 1. The van der Waals surface area contributed by atoms with E-state index >= 15 is 0 Å². The zero-order valence-corrected chi connectivity index (χ0v) is 9.53. The molecule has 7 nitrogen and oxygen atoms in total. The van der Waals surface area contributed by atoms with Gasteiger partial charge in [-0.05, 0) is 12.3 Å². The van der Waals surface area contributed by atoms with Crippen molar-refractivity contribution in [2.75, 3.05) is 13.2 Å². The van der Waals surface area contributed by atoms with Crippen molar-refractivity contribution in [1.29, 1.82) is 0 Å². The Kier molecular flexibility index (Phi) is 9.58. The van der Waals surface area contributed by atoms with Crippen LogP contribution in [0, 0.1) is 5.92 Å². The predicted molar refractivity (Wildman–Crippen MR) is 53.6 cm³/mol. The van der Waals surface area contributed by atoms with E-state index in [2.05, 4.69) is 13.8 Å². The fourth-order valence-electron chi connectivity index (χ4n) is 0.467. The van der Waals surface area contributed by atoms with Crippen LogP contribution < -0.4 is 5.73 Å². The van der Waals surface area contributed by atoms with Crippen molar-refractivity contribution in [3.63, 3.8) is 0 Å². The van der Waals surface area contributed by atoms with Crippen LogP contribution in [0.2, 0.25) is 0 Å². The summed E-state index contributed by atoms with van der Waals surface area (Å²) in [6.45, 7) is 4.64. The van der Waals surface area contributed by atoms with Crippen LogP contribution in [0.15, 0.2) is 0 Å². The second-order valence-electron chi connectivity index (χ2n) is 3.05. The average Bonchev–Trinajstić information content (AvgIpc) is 2.00. The van der Waals surface area contributed by atoms with Gasteiger partial charge in [-0.1, -0.05) is 13.8 Å². The molecular formula is C7H17NO6S. The molecule has 0 aromatic rings. The monoisotopic (exact) mass is 243 g/mol. The van der Waals surface area contributed by atoms with Crippen LogP contribution in [0.25, 0.3) is 0 Å². The number of carbonyl (C=O) groups is 1. The minimum absolute atomic E-state index is 0.0158. The van der Waals surface area contributed by atoms with Crippen molar-refractivity contribution in [3.8, 4) is 0 Å². The second kappa shape index (κ2) is 8.60. The van der Waals surface area contributed by atoms with E-state index in [0.29, 0.717) is 12.5 Å². The van der Waals surface area contributed by atoms with Crippen molar-refractivity contribution in [2.45, 2.75) is 20.3 Å².